The average Bonchev–Trinajstić information content (AvgIpc) is 0.850. The number of nitrogens with one attached hydrogen (secondary N) is 27. The van der Waals surface area contributed by atoms with Crippen molar-refractivity contribution in [3.05, 3.63) is 35.9 Å². The molecule has 1 rings (SSSR count). The molecule has 1 aromatic rings. The van der Waals surface area contributed by atoms with Crippen LogP contribution in [0.2, 0.25) is 0 Å². The summed E-state index contributed by atoms with van der Waals surface area (Å²) in [6.45, 7) is 14.1. The summed E-state index contributed by atoms with van der Waals surface area (Å²) >= 11 is 8.81. The molecule has 0 unspecified atom stereocenters. The van der Waals surface area contributed by atoms with Gasteiger partial charge in [-0.3, -0.25) is 105 Å². The quantitative estimate of drug-likeness (QED) is 0.0125. The van der Waals surface area contributed by atoms with Crippen LogP contribution in [0.5, 0.6) is 0 Å². The highest BCUT2D eigenvalue weighted by molar-refractivity contribution is 7.80. The Labute approximate surface area is 787 Å². The number of guanidine groups is 7. The number of hydrogen-bond donors (Lipinski definition) is 38. The van der Waals surface area contributed by atoms with Gasteiger partial charge in [-0.25, -0.2) is 0 Å². The molecule has 52 heteroatoms. The molecule has 45 N–H and O–H groups in total. The van der Waals surface area contributed by atoms with E-state index in [4.69, 9.17) is 89.5 Å². The molecular weight excluding hydrogens is 1770 g/mol. The molecule has 0 heterocycles. The maximum atomic E-state index is 15.1. The zero-order valence-corrected chi connectivity index (χ0v) is 79.2. The fourth-order valence-electron chi connectivity index (χ4n) is 13.1. The second-order valence-corrected chi connectivity index (χ2v) is 33.2. The van der Waals surface area contributed by atoms with Crippen LogP contribution < -0.4 is 158 Å². The van der Waals surface area contributed by atoms with Crippen molar-refractivity contribution in [3.8, 4) is 0 Å². The summed E-state index contributed by atoms with van der Waals surface area (Å²) in [6.07, 6.45) is 0.738. The number of primary amides is 1. The molecule has 0 saturated carbocycles. The van der Waals surface area contributed by atoms with Crippen molar-refractivity contribution in [2.24, 2.45) is 75.3 Å². The molecule has 750 valence electrons. The first-order valence-electron chi connectivity index (χ1n) is 44.6. The predicted octanol–water partition coefficient (Wildman–Crippen LogP) is -7.77. The van der Waals surface area contributed by atoms with Crippen molar-refractivity contribution in [1.82, 2.24) is 106 Å². The van der Waals surface area contributed by atoms with Gasteiger partial charge in [-0.2, -0.15) is 25.3 Å². The first-order chi connectivity index (χ1) is 62.8. The third kappa shape index (κ3) is 48.4. The molecule has 50 nitrogen and oxygen atoms in total. The highest BCUT2D eigenvalue weighted by Crippen LogP contribution is 2.18. The van der Waals surface area contributed by atoms with Crippen LogP contribution in [0.25, 0.3) is 0 Å². The zero-order valence-electron chi connectivity index (χ0n) is 77.4. The minimum absolute atomic E-state index is 0.000889. The van der Waals surface area contributed by atoms with E-state index in [1.165, 1.54) is 0 Å². The molecule has 0 aliphatic rings. The van der Waals surface area contributed by atoms with Crippen molar-refractivity contribution in [2.75, 3.05) is 57.3 Å². The average molecular weight is 1920 g/mol. The molecule has 0 radical (unpaired) electrons. The first-order valence-corrected chi connectivity index (χ1v) is 45.9. The van der Waals surface area contributed by atoms with Crippen LogP contribution in [0, 0.1) is 61.5 Å². The van der Waals surface area contributed by atoms with Crippen molar-refractivity contribution in [2.45, 2.75) is 262 Å². The summed E-state index contributed by atoms with van der Waals surface area (Å²) in [5.74, 6) is -18.2. The Morgan fingerprint density at radius 2 is 0.466 bits per heavy atom. The van der Waals surface area contributed by atoms with Crippen molar-refractivity contribution in [3.63, 3.8) is 0 Å². The number of hydrogen-bond acceptors (Lipinski definition) is 24. The van der Waals surface area contributed by atoms with E-state index in [0.29, 0.717) is 24.8 Å². The molecule has 0 aliphatic heterocycles. The highest BCUT2D eigenvalue weighted by atomic mass is 32.1. The molecule has 1 aromatic carbocycles. The maximum absolute atomic E-state index is 15.1. The summed E-state index contributed by atoms with van der Waals surface area (Å²) in [4.78, 5) is 202. The van der Waals surface area contributed by atoms with Gasteiger partial charge in [-0.15, -0.1) is 0 Å². The Morgan fingerprint density at radius 1 is 0.271 bits per heavy atom. The predicted molar refractivity (Wildman–Crippen MR) is 512 cm³/mol. The van der Waals surface area contributed by atoms with Crippen LogP contribution in [0.1, 0.15) is 177 Å². The summed E-state index contributed by atoms with van der Waals surface area (Å²) in [5, 5.41) is 107. The second kappa shape index (κ2) is 65.0. The van der Waals surface area contributed by atoms with Crippen LogP contribution in [0.15, 0.2) is 30.3 Å². The summed E-state index contributed by atoms with van der Waals surface area (Å²) in [7, 11) is 0. The third-order valence-electron chi connectivity index (χ3n) is 21.8. The molecule has 133 heavy (non-hydrogen) atoms. The van der Waals surface area contributed by atoms with Crippen LogP contribution in [-0.2, 0) is 73.5 Å². The summed E-state index contributed by atoms with van der Waals surface area (Å²) in [5.41, 5.74) is 51.3. The second-order valence-electron chi connectivity index (χ2n) is 32.5. The number of amides is 14. The Kier molecular flexibility index (Phi) is 57.9. The van der Waals surface area contributed by atoms with E-state index in [1.807, 2.05) is 6.92 Å². The molecular formula is C81H150N36O14S2. The Bertz CT molecular complexity index is 3990. The first kappa shape index (κ1) is 118. The molecule has 0 bridgehead atoms. The molecule has 0 aromatic heterocycles. The van der Waals surface area contributed by atoms with E-state index in [2.05, 4.69) is 132 Å². The fraction of sp³-hybridized carbons (Fsp3) is 0.667. The number of benzene rings is 1. The van der Waals surface area contributed by atoms with E-state index in [1.54, 1.807) is 78.8 Å². The SMILES string of the molecule is CC[C@H](C)[C@H](N)C(=O)N[C@@H](CCCNC(=N)N)C(=O)N[C@H](C(=O)N[C@@H](CCCNC(=N)N)C(=O)N[C@@H](CS)C(=O)N[C@@H](CCCNC(=N)N)C(=O)N[C@@H](CCCNC(=N)N)C(=O)N[C@@H](CCCNC(=N)N)C(=O)N[C@@H](Cc1ccccc1)C(=O)N[C@@H](CS)C(=O)N[C@@H](CCCNC(=N)N)C(=O)N[C@H](C(=O)N[C@@H](CCCNC(=N)N)C(=O)N[C@H](C(N)=O)[C@@H](C)CC)[C@@H](C)CC)[C@@H](C)CC. The Hall–Kier alpha value is -12.6. The monoisotopic (exact) mass is 1920 g/mol. The smallest absolute Gasteiger partial charge is 0.244 e. The van der Waals surface area contributed by atoms with E-state index in [0.717, 1.165) is 0 Å². The summed E-state index contributed by atoms with van der Waals surface area (Å²) < 4.78 is 0. The van der Waals surface area contributed by atoms with Gasteiger partial charge in [0.1, 0.15) is 78.5 Å². The molecule has 18 atom stereocenters. The lowest BCUT2D eigenvalue weighted by Gasteiger charge is -2.30. The lowest BCUT2D eigenvalue weighted by molar-refractivity contribution is -0.136. The van der Waals surface area contributed by atoms with Crippen LogP contribution >= 0.6 is 25.3 Å². The Morgan fingerprint density at radius 3 is 0.699 bits per heavy atom. The van der Waals surface area contributed by atoms with E-state index in [9.17, 15) is 57.5 Å². The molecule has 14 amide bonds. The van der Waals surface area contributed by atoms with E-state index in [-0.39, 0.29) is 166 Å². The van der Waals surface area contributed by atoms with E-state index >= 15 is 9.59 Å². The number of carbonyl (C=O) groups excluding carboxylic acids is 14. The van der Waals surface area contributed by atoms with Crippen molar-refractivity contribution < 1.29 is 67.1 Å². The standard InChI is InChI=1S/C81H150N36O14S2/c1-9-42(5)57(82)72(129)109-52(30-21-37-103-80(94)95)68(125)117-59(44(7)11-3)73(130)110-50(28-19-35-101-78(90)91)65(122)113-55(40-132)70(127)107-48(26-17-33-99-76(86)87)63(120)105-47(25-16-32-98-75(84)85)62(119)106-49(27-18-34-100-77(88)89)64(121)112-54(39-46-23-14-13-15-24-46)69(126)114-56(41-133)71(128)108-51(29-20-36-102-79(92)93)67(124)116-60(45(8)12-4)74(131)111-53(31-22-38-104-81(96)97)66(123)115-58(61(83)118)43(6)10-2/h13-15,23-24,42-45,47-60,132-133H,9-12,16-22,25-41,82H2,1-8H3,(H2,83,118)(H,105,120)(H,106,119)(H,107,127)(H,108,128)(H,109,129)(H,110,130)(H,111,131)(H,112,121)(H,113,122)(H,114,126)(H,115,123)(H,116,124)(H,117,125)(H4,84,85,98)(H4,86,87,99)(H4,88,89,100)(H4,90,91,101)(H4,92,93,102)(H4,94,95,103)(H4,96,97,104)/t42-,43-,44-,45-,47-,48-,49-,50-,51-,52-,53-,54-,55-,56-,57-,58-,59-,60-/m0/s1. The van der Waals surface area contributed by atoms with E-state index < -0.39 is 226 Å². The topological polar surface area (TPSA) is 881 Å². The molecule has 0 aliphatic carbocycles. The van der Waals surface area contributed by atoms with Crippen LogP contribution in [-0.4, -0.2) is 266 Å². The van der Waals surface area contributed by atoms with Crippen molar-refractivity contribution in [1.29, 1.82) is 37.9 Å². The third-order valence-corrected chi connectivity index (χ3v) is 22.6. The normalized spacial score (nSPS) is 15.0. The van der Waals surface area contributed by atoms with Gasteiger partial charge in [-0.05, 0) is 119 Å². The minimum atomic E-state index is -1.62. The van der Waals surface area contributed by atoms with Crippen LogP contribution in [0.4, 0.5) is 0 Å². The van der Waals surface area contributed by atoms with Gasteiger partial charge in [0.15, 0.2) is 41.7 Å². The number of rotatable bonds is 67. The largest absolute Gasteiger partial charge is 0.370 e. The lowest BCUT2D eigenvalue weighted by Crippen LogP contribution is -2.62. The van der Waals surface area contributed by atoms with Crippen molar-refractivity contribution >= 4 is 150 Å². The number of thiol groups is 2. The van der Waals surface area contributed by atoms with Gasteiger partial charge < -0.3 is 158 Å². The Balaban J connectivity index is 4.04. The number of carbonyl (C=O) groups is 14. The van der Waals surface area contributed by atoms with Gasteiger partial charge in [0.05, 0.1) is 6.04 Å². The highest BCUT2D eigenvalue weighted by Gasteiger charge is 2.40. The lowest BCUT2D eigenvalue weighted by atomic mass is 9.96. The number of nitrogens with two attached hydrogens (primary N) is 9. The minimum Gasteiger partial charge on any atom is -0.370 e. The fourth-order valence-corrected chi connectivity index (χ4v) is 13.7. The summed E-state index contributed by atoms with van der Waals surface area (Å²) in [6, 6.07) is -11.7. The molecule has 0 saturated heterocycles. The molecule has 0 spiro atoms. The zero-order chi connectivity index (χ0) is 101. The van der Waals surface area contributed by atoms with Gasteiger partial charge >= 0.3 is 0 Å². The van der Waals surface area contributed by atoms with Gasteiger partial charge in [0, 0.05) is 63.7 Å². The van der Waals surface area contributed by atoms with Crippen LogP contribution in [0.3, 0.4) is 0 Å². The van der Waals surface area contributed by atoms with Gasteiger partial charge in [0.2, 0.25) is 82.7 Å². The van der Waals surface area contributed by atoms with Gasteiger partial charge in [-0.1, -0.05) is 111 Å². The van der Waals surface area contributed by atoms with Gasteiger partial charge in [0.25, 0.3) is 0 Å². The maximum Gasteiger partial charge on any atom is 0.244 e. The molecule has 0 fully saturated rings.